The first-order valence-corrected chi connectivity index (χ1v) is 5.65. The van der Waals surface area contributed by atoms with Gasteiger partial charge in [-0.25, -0.2) is 0 Å². The molecule has 0 unspecified atom stereocenters. The van der Waals surface area contributed by atoms with Gasteiger partial charge >= 0.3 is 0 Å². The second-order valence-electron chi connectivity index (χ2n) is 3.61. The van der Waals surface area contributed by atoms with E-state index in [1.165, 1.54) is 0 Å². The number of halogens is 1. The molecule has 84 valence electrons. The fraction of sp³-hybridized carbons (Fsp3) is 0.250. The van der Waals surface area contributed by atoms with Crippen LogP contribution in [0.1, 0.15) is 12.6 Å². The zero-order valence-corrected chi connectivity index (χ0v) is 10.1. The number of aromatic amines is 1. The Hall–Kier alpha value is -1.48. The van der Waals surface area contributed by atoms with E-state index in [2.05, 4.69) is 22.4 Å². The summed E-state index contributed by atoms with van der Waals surface area (Å²) in [6.45, 7) is 4.91. The van der Waals surface area contributed by atoms with Crippen LogP contribution in [-0.4, -0.2) is 16.7 Å². The lowest BCUT2D eigenvalue weighted by Gasteiger charge is -2.05. The molecule has 1 aromatic heterocycles. The second kappa shape index (κ2) is 4.58. The van der Waals surface area contributed by atoms with E-state index >= 15 is 0 Å². The SMILES string of the molecule is CCNc1n[nH]c(C)c1-c1ccc(Cl)cc1. The van der Waals surface area contributed by atoms with Gasteiger partial charge in [-0.2, -0.15) is 5.10 Å². The van der Waals surface area contributed by atoms with Gasteiger partial charge in [-0.3, -0.25) is 5.10 Å². The lowest BCUT2D eigenvalue weighted by molar-refractivity contribution is 1.03. The Morgan fingerprint density at radius 1 is 1.31 bits per heavy atom. The van der Waals surface area contributed by atoms with Gasteiger partial charge < -0.3 is 5.32 Å². The standard InChI is InChI=1S/C12H14ClN3/c1-3-14-12-11(8(2)15-16-12)9-4-6-10(13)7-5-9/h4-7H,3H2,1-2H3,(H2,14,15,16). The molecule has 2 N–H and O–H groups in total. The van der Waals surface area contributed by atoms with Gasteiger partial charge in [0.15, 0.2) is 5.82 Å². The molecule has 4 heteroatoms. The van der Waals surface area contributed by atoms with Crippen molar-refractivity contribution in [3.8, 4) is 11.1 Å². The number of nitrogens with zero attached hydrogens (tertiary/aromatic N) is 1. The summed E-state index contributed by atoms with van der Waals surface area (Å²) in [6.07, 6.45) is 0. The molecule has 0 aliphatic heterocycles. The molecule has 0 aliphatic rings. The molecule has 0 saturated carbocycles. The highest BCUT2D eigenvalue weighted by Gasteiger charge is 2.11. The van der Waals surface area contributed by atoms with Crippen molar-refractivity contribution in [3.63, 3.8) is 0 Å². The molecule has 0 bridgehead atoms. The first kappa shape index (κ1) is 11.0. The van der Waals surface area contributed by atoms with Crippen molar-refractivity contribution in [2.24, 2.45) is 0 Å². The third-order valence-electron chi connectivity index (χ3n) is 2.42. The quantitative estimate of drug-likeness (QED) is 0.855. The first-order valence-electron chi connectivity index (χ1n) is 5.27. The maximum Gasteiger partial charge on any atom is 0.155 e. The van der Waals surface area contributed by atoms with Gasteiger partial charge in [-0.05, 0) is 31.5 Å². The first-order chi connectivity index (χ1) is 7.72. The second-order valence-corrected chi connectivity index (χ2v) is 4.05. The fourth-order valence-corrected chi connectivity index (χ4v) is 1.82. The van der Waals surface area contributed by atoms with E-state index in [1.54, 1.807) is 0 Å². The lowest BCUT2D eigenvalue weighted by Crippen LogP contribution is -1.98. The minimum absolute atomic E-state index is 0.745. The van der Waals surface area contributed by atoms with Crippen LogP contribution in [0.2, 0.25) is 5.02 Å². The monoisotopic (exact) mass is 235 g/mol. The van der Waals surface area contributed by atoms with Crippen molar-refractivity contribution in [1.82, 2.24) is 10.2 Å². The van der Waals surface area contributed by atoms with Crippen LogP contribution in [0.3, 0.4) is 0 Å². The van der Waals surface area contributed by atoms with Crippen LogP contribution < -0.4 is 5.32 Å². The minimum atomic E-state index is 0.745. The molecule has 0 amide bonds. The van der Waals surface area contributed by atoms with Gasteiger partial charge in [0.1, 0.15) is 0 Å². The normalized spacial score (nSPS) is 10.4. The number of nitrogens with one attached hydrogen (secondary N) is 2. The van der Waals surface area contributed by atoms with Crippen LogP contribution in [0.15, 0.2) is 24.3 Å². The van der Waals surface area contributed by atoms with Gasteiger partial charge in [-0.15, -0.1) is 0 Å². The summed E-state index contributed by atoms with van der Waals surface area (Å²) in [4.78, 5) is 0. The molecule has 1 aromatic carbocycles. The van der Waals surface area contributed by atoms with E-state index in [4.69, 9.17) is 11.6 Å². The van der Waals surface area contributed by atoms with E-state index in [1.807, 2.05) is 31.2 Å². The van der Waals surface area contributed by atoms with E-state index in [9.17, 15) is 0 Å². The van der Waals surface area contributed by atoms with E-state index < -0.39 is 0 Å². The molecular weight excluding hydrogens is 222 g/mol. The minimum Gasteiger partial charge on any atom is -0.368 e. The number of anilines is 1. The molecule has 0 fully saturated rings. The predicted molar refractivity (Wildman–Crippen MR) is 67.9 cm³/mol. The van der Waals surface area contributed by atoms with E-state index in [0.29, 0.717) is 0 Å². The highest BCUT2D eigenvalue weighted by Crippen LogP contribution is 2.29. The van der Waals surface area contributed by atoms with Gasteiger partial charge in [0.2, 0.25) is 0 Å². The molecule has 0 atom stereocenters. The number of H-pyrrole nitrogens is 1. The largest absolute Gasteiger partial charge is 0.368 e. The molecule has 0 aliphatic carbocycles. The maximum atomic E-state index is 5.87. The smallest absolute Gasteiger partial charge is 0.155 e. The highest BCUT2D eigenvalue weighted by atomic mass is 35.5. The third-order valence-corrected chi connectivity index (χ3v) is 2.68. The zero-order valence-electron chi connectivity index (χ0n) is 9.34. The van der Waals surface area contributed by atoms with Crippen molar-refractivity contribution in [2.75, 3.05) is 11.9 Å². The molecule has 2 aromatic rings. The summed E-state index contributed by atoms with van der Waals surface area (Å²) in [7, 11) is 0. The molecule has 16 heavy (non-hydrogen) atoms. The average Bonchev–Trinajstić information content (AvgIpc) is 2.62. The fourth-order valence-electron chi connectivity index (χ4n) is 1.69. The molecular formula is C12H14ClN3. The Morgan fingerprint density at radius 2 is 2.00 bits per heavy atom. The van der Waals surface area contributed by atoms with Crippen molar-refractivity contribution in [1.29, 1.82) is 0 Å². The van der Waals surface area contributed by atoms with Crippen LogP contribution >= 0.6 is 11.6 Å². The van der Waals surface area contributed by atoms with Crippen LogP contribution in [0, 0.1) is 6.92 Å². The number of rotatable bonds is 3. The average molecular weight is 236 g/mol. The van der Waals surface area contributed by atoms with Crippen LogP contribution in [0.4, 0.5) is 5.82 Å². The maximum absolute atomic E-state index is 5.87. The number of aryl methyl sites for hydroxylation is 1. The third kappa shape index (κ3) is 2.04. The summed E-state index contributed by atoms with van der Waals surface area (Å²) in [6, 6.07) is 7.78. The van der Waals surface area contributed by atoms with Crippen LogP contribution in [0.5, 0.6) is 0 Å². The van der Waals surface area contributed by atoms with Crippen molar-refractivity contribution in [2.45, 2.75) is 13.8 Å². The molecule has 0 radical (unpaired) electrons. The van der Waals surface area contributed by atoms with Crippen LogP contribution in [-0.2, 0) is 0 Å². The van der Waals surface area contributed by atoms with E-state index in [-0.39, 0.29) is 0 Å². The topological polar surface area (TPSA) is 40.7 Å². The Balaban J connectivity index is 2.45. The summed E-state index contributed by atoms with van der Waals surface area (Å²) >= 11 is 5.87. The predicted octanol–water partition coefficient (Wildman–Crippen LogP) is 3.47. The van der Waals surface area contributed by atoms with Crippen molar-refractivity contribution < 1.29 is 0 Å². The molecule has 0 spiro atoms. The Kier molecular flexibility index (Phi) is 3.15. The summed E-state index contributed by atoms with van der Waals surface area (Å²) in [5.41, 5.74) is 3.28. The van der Waals surface area contributed by atoms with Gasteiger partial charge in [0.25, 0.3) is 0 Å². The molecule has 0 saturated heterocycles. The summed E-state index contributed by atoms with van der Waals surface area (Å²) in [5, 5.41) is 11.2. The molecule has 1 heterocycles. The number of hydrogen-bond acceptors (Lipinski definition) is 2. The summed E-state index contributed by atoms with van der Waals surface area (Å²) in [5.74, 6) is 0.891. The van der Waals surface area contributed by atoms with E-state index in [0.717, 1.165) is 34.2 Å². The lowest BCUT2D eigenvalue weighted by atomic mass is 10.1. The van der Waals surface area contributed by atoms with Crippen molar-refractivity contribution >= 4 is 17.4 Å². The van der Waals surface area contributed by atoms with Gasteiger partial charge in [-0.1, -0.05) is 23.7 Å². The number of hydrogen-bond donors (Lipinski definition) is 2. The highest BCUT2D eigenvalue weighted by molar-refractivity contribution is 6.30. The zero-order chi connectivity index (χ0) is 11.5. The van der Waals surface area contributed by atoms with Gasteiger partial charge in [0.05, 0.1) is 0 Å². The van der Waals surface area contributed by atoms with Gasteiger partial charge in [0, 0.05) is 22.8 Å². The molecule has 2 rings (SSSR count). The summed E-state index contributed by atoms with van der Waals surface area (Å²) < 4.78 is 0. The Morgan fingerprint density at radius 3 is 2.62 bits per heavy atom. The molecule has 3 nitrogen and oxygen atoms in total. The Bertz CT molecular complexity index is 474. The van der Waals surface area contributed by atoms with Crippen LogP contribution in [0.25, 0.3) is 11.1 Å². The number of benzene rings is 1. The van der Waals surface area contributed by atoms with Crippen molar-refractivity contribution in [3.05, 3.63) is 35.0 Å². The Labute approximate surface area is 99.8 Å². The number of aromatic nitrogens is 2.